The lowest BCUT2D eigenvalue weighted by molar-refractivity contribution is 0.302. The number of nitrogens with zero attached hydrogens (tertiary/aromatic N) is 1. The van der Waals surface area contributed by atoms with Crippen LogP contribution in [0.4, 0.5) is 0 Å². The van der Waals surface area contributed by atoms with Crippen LogP contribution in [-0.4, -0.2) is 22.2 Å². The Bertz CT molecular complexity index is 947. The van der Waals surface area contributed by atoms with Crippen LogP contribution in [0.3, 0.4) is 0 Å². The number of phenolic OH excluding ortho intramolecular Hbond substituents is 2. The van der Waals surface area contributed by atoms with Gasteiger partial charge in [-0.25, -0.2) is 0 Å². The fourth-order valence-corrected chi connectivity index (χ4v) is 5.33. The molecule has 2 rings (SSSR count). The SMILES string of the molecule is Cc1c(C(C)(C)C)cc(C(C)(C)C)c(O)c1CN(C)Cc1c(C)c(C(C)(C)C)cc(C(C)(C)C)c1O. The topological polar surface area (TPSA) is 43.7 Å². The van der Waals surface area contributed by atoms with Gasteiger partial charge < -0.3 is 10.2 Å². The number of hydrogen-bond donors (Lipinski definition) is 2. The highest BCUT2D eigenvalue weighted by Gasteiger charge is 2.30. The fraction of sp³-hybridized carbons (Fsp3) is 0.636. The van der Waals surface area contributed by atoms with Crippen molar-refractivity contribution < 1.29 is 10.2 Å². The Balaban J connectivity index is 2.65. The first-order chi connectivity index (χ1) is 16.0. The molecule has 36 heavy (non-hydrogen) atoms. The Morgan fingerprint density at radius 3 is 1.00 bits per heavy atom. The standard InChI is InChI=1S/C33H53NO2/c1-20-22(28(35)26(32(9,10)11)16-24(20)30(3,4)5)18-34(15)19-23-21(2)25(31(6,7)8)17-27(29(23)36)33(12,13)14/h16-17,35-36H,18-19H2,1-15H3. The summed E-state index contributed by atoms with van der Waals surface area (Å²) in [7, 11) is 2.08. The number of aromatic hydroxyl groups is 2. The maximum Gasteiger partial charge on any atom is 0.124 e. The second kappa shape index (κ2) is 9.71. The van der Waals surface area contributed by atoms with Crippen LogP contribution in [0, 0.1) is 13.8 Å². The van der Waals surface area contributed by atoms with Crippen molar-refractivity contribution in [2.24, 2.45) is 0 Å². The molecule has 2 aromatic rings. The average Bonchev–Trinajstić information content (AvgIpc) is 2.64. The van der Waals surface area contributed by atoms with Crippen molar-refractivity contribution in [3.8, 4) is 11.5 Å². The van der Waals surface area contributed by atoms with E-state index in [4.69, 9.17) is 0 Å². The molecule has 0 unspecified atom stereocenters. The van der Waals surface area contributed by atoms with Gasteiger partial charge in [-0.2, -0.15) is 0 Å². The highest BCUT2D eigenvalue weighted by molar-refractivity contribution is 5.55. The van der Waals surface area contributed by atoms with Crippen LogP contribution in [0.2, 0.25) is 0 Å². The van der Waals surface area contributed by atoms with Gasteiger partial charge in [0.05, 0.1) is 0 Å². The molecule has 0 saturated heterocycles. The van der Waals surface area contributed by atoms with E-state index in [0.29, 0.717) is 24.6 Å². The Hall–Kier alpha value is -2.00. The summed E-state index contributed by atoms with van der Waals surface area (Å²) in [6.07, 6.45) is 0. The maximum atomic E-state index is 11.4. The second-order valence-corrected chi connectivity index (χ2v) is 15.0. The normalized spacial score (nSPS) is 13.6. The molecule has 202 valence electrons. The zero-order valence-electron chi connectivity index (χ0n) is 25.9. The summed E-state index contributed by atoms with van der Waals surface area (Å²) in [4.78, 5) is 2.22. The zero-order valence-corrected chi connectivity index (χ0v) is 25.9. The molecule has 0 aromatic heterocycles. The molecule has 0 atom stereocenters. The minimum absolute atomic E-state index is 0.0252. The van der Waals surface area contributed by atoms with Crippen LogP contribution < -0.4 is 0 Å². The third-order valence-corrected chi connectivity index (χ3v) is 7.46. The first-order valence-corrected chi connectivity index (χ1v) is 13.4. The predicted octanol–water partition coefficient (Wildman–Crippen LogP) is 8.54. The maximum absolute atomic E-state index is 11.4. The van der Waals surface area contributed by atoms with Gasteiger partial charge in [-0.15, -0.1) is 0 Å². The van der Waals surface area contributed by atoms with Gasteiger partial charge in [0, 0.05) is 24.2 Å². The van der Waals surface area contributed by atoms with E-state index in [1.165, 1.54) is 11.1 Å². The third kappa shape index (κ3) is 6.28. The average molecular weight is 496 g/mol. The lowest BCUT2D eigenvalue weighted by atomic mass is 9.76. The first-order valence-electron chi connectivity index (χ1n) is 13.4. The van der Waals surface area contributed by atoms with Gasteiger partial charge in [-0.05, 0) is 75.9 Å². The van der Waals surface area contributed by atoms with E-state index in [1.54, 1.807) is 0 Å². The predicted molar refractivity (Wildman–Crippen MR) is 156 cm³/mol. The van der Waals surface area contributed by atoms with Crippen molar-refractivity contribution in [2.75, 3.05) is 7.05 Å². The summed E-state index contributed by atoms with van der Waals surface area (Å²) in [5.41, 5.74) is 8.42. The van der Waals surface area contributed by atoms with E-state index >= 15 is 0 Å². The van der Waals surface area contributed by atoms with Gasteiger partial charge in [0.25, 0.3) is 0 Å². The van der Waals surface area contributed by atoms with Gasteiger partial charge >= 0.3 is 0 Å². The van der Waals surface area contributed by atoms with Crippen LogP contribution in [0.25, 0.3) is 0 Å². The van der Waals surface area contributed by atoms with E-state index in [2.05, 4.69) is 121 Å². The molecular formula is C33H53NO2. The minimum Gasteiger partial charge on any atom is -0.507 e. The van der Waals surface area contributed by atoms with E-state index in [9.17, 15) is 10.2 Å². The molecule has 3 nitrogen and oxygen atoms in total. The second-order valence-electron chi connectivity index (χ2n) is 15.0. The van der Waals surface area contributed by atoms with Crippen LogP contribution in [0.5, 0.6) is 11.5 Å². The van der Waals surface area contributed by atoms with Crippen molar-refractivity contribution in [3.63, 3.8) is 0 Å². The Morgan fingerprint density at radius 2 is 0.778 bits per heavy atom. The highest BCUT2D eigenvalue weighted by atomic mass is 16.3. The van der Waals surface area contributed by atoms with Gasteiger partial charge in [-0.3, -0.25) is 4.90 Å². The van der Waals surface area contributed by atoms with Gasteiger partial charge in [0.15, 0.2) is 0 Å². The molecular weight excluding hydrogens is 442 g/mol. The summed E-state index contributed by atoms with van der Waals surface area (Å²) >= 11 is 0. The fourth-order valence-electron chi connectivity index (χ4n) is 5.33. The summed E-state index contributed by atoms with van der Waals surface area (Å²) in [5, 5.41) is 22.9. The summed E-state index contributed by atoms with van der Waals surface area (Å²) in [5.74, 6) is 0.805. The van der Waals surface area contributed by atoms with Crippen molar-refractivity contribution >= 4 is 0 Å². The molecule has 0 aliphatic rings. The van der Waals surface area contributed by atoms with Crippen molar-refractivity contribution in [3.05, 3.63) is 56.6 Å². The molecule has 0 amide bonds. The molecule has 0 saturated carbocycles. The molecule has 2 N–H and O–H groups in total. The van der Waals surface area contributed by atoms with Crippen LogP contribution in [0.1, 0.15) is 128 Å². The summed E-state index contributed by atoms with van der Waals surface area (Å²) in [6, 6.07) is 4.40. The highest BCUT2D eigenvalue weighted by Crippen LogP contribution is 2.43. The van der Waals surface area contributed by atoms with Gasteiger partial charge in [0.1, 0.15) is 11.5 Å². The van der Waals surface area contributed by atoms with E-state index in [1.807, 2.05) is 0 Å². The molecule has 0 bridgehead atoms. The van der Waals surface area contributed by atoms with E-state index < -0.39 is 0 Å². The smallest absolute Gasteiger partial charge is 0.124 e. The molecule has 3 heteroatoms. The molecule has 0 aliphatic heterocycles. The van der Waals surface area contributed by atoms with Crippen LogP contribution >= 0.6 is 0 Å². The quantitative estimate of drug-likeness (QED) is 0.446. The minimum atomic E-state index is -0.164. The molecule has 0 radical (unpaired) electrons. The number of rotatable bonds is 4. The van der Waals surface area contributed by atoms with E-state index in [-0.39, 0.29) is 21.7 Å². The Morgan fingerprint density at radius 1 is 0.528 bits per heavy atom. The Kier molecular flexibility index (Phi) is 8.15. The molecule has 0 aliphatic carbocycles. The summed E-state index contributed by atoms with van der Waals surface area (Å²) < 4.78 is 0. The Labute approximate surface area is 222 Å². The number of phenols is 2. The monoisotopic (exact) mass is 495 g/mol. The van der Waals surface area contributed by atoms with Gasteiger partial charge in [-0.1, -0.05) is 95.2 Å². The molecule has 0 spiro atoms. The lowest BCUT2D eigenvalue weighted by Crippen LogP contribution is -2.25. The molecule has 2 aromatic carbocycles. The molecule has 0 heterocycles. The zero-order chi connectivity index (χ0) is 28.2. The largest absolute Gasteiger partial charge is 0.507 e. The third-order valence-electron chi connectivity index (χ3n) is 7.46. The number of hydrogen-bond acceptors (Lipinski definition) is 3. The van der Waals surface area contributed by atoms with Crippen molar-refractivity contribution in [1.29, 1.82) is 0 Å². The van der Waals surface area contributed by atoms with Gasteiger partial charge in [0.2, 0.25) is 0 Å². The lowest BCUT2D eigenvalue weighted by Gasteiger charge is -2.32. The van der Waals surface area contributed by atoms with Crippen molar-refractivity contribution in [1.82, 2.24) is 4.90 Å². The van der Waals surface area contributed by atoms with Crippen molar-refractivity contribution in [2.45, 2.75) is 132 Å². The van der Waals surface area contributed by atoms with Crippen LogP contribution in [-0.2, 0) is 34.7 Å². The van der Waals surface area contributed by atoms with Crippen LogP contribution in [0.15, 0.2) is 12.1 Å². The number of benzene rings is 2. The first kappa shape index (κ1) is 30.2. The van der Waals surface area contributed by atoms with E-state index in [0.717, 1.165) is 33.4 Å². The molecule has 0 fully saturated rings. The summed E-state index contributed by atoms with van der Waals surface area (Å²) in [6.45, 7) is 31.8.